The normalized spacial score (nSPS) is 18.8. The molecule has 0 aliphatic carbocycles. The maximum Gasteiger partial charge on any atom is 0.0453 e. The molecule has 3 heteroatoms. The van der Waals surface area contributed by atoms with E-state index in [-0.39, 0.29) is 6.04 Å². The van der Waals surface area contributed by atoms with E-state index in [1.807, 2.05) is 30.0 Å². The van der Waals surface area contributed by atoms with Crippen LogP contribution in [0.3, 0.4) is 0 Å². The van der Waals surface area contributed by atoms with E-state index < -0.39 is 0 Å². The van der Waals surface area contributed by atoms with Crippen molar-refractivity contribution in [1.82, 2.24) is 5.32 Å². The van der Waals surface area contributed by atoms with Gasteiger partial charge in [-0.05, 0) is 30.2 Å². The minimum absolute atomic E-state index is 0.279. The Morgan fingerprint density at radius 2 is 1.95 bits per heavy atom. The van der Waals surface area contributed by atoms with Crippen molar-refractivity contribution in [1.29, 1.82) is 0 Å². The molecule has 0 saturated heterocycles. The van der Waals surface area contributed by atoms with Gasteiger partial charge in [0.25, 0.3) is 0 Å². The lowest BCUT2D eigenvalue weighted by molar-refractivity contribution is 0.541. The van der Waals surface area contributed by atoms with Gasteiger partial charge in [0.05, 0.1) is 0 Å². The van der Waals surface area contributed by atoms with E-state index in [1.165, 1.54) is 21.8 Å². The van der Waals surface area contributed by atoms with Crippen molar-refractivity contribution in [3.05, 3.63) is 64.7 Å². The summed E-state index contributed by atoms with van der Waals surface area (Å²) in [6, 6.07) is 17.1. The van der Waals surface area contributed by atoms with Crippen LogP contribution in [0.1, 0.15) is 30.0 Å². The molecule has 1 heterocycles. The van der Waals surface area contributed by atoms with Gasteiger partial charge in [-0.3, -0.25) is 0 Å². The maximum atomic E-state index is 6.25. The largest absolute Gasteiger partial charge is 0.310 e. The van der Waals surface area contributed by atoms with Crippen LogP contribution < -0.4 is 5.32 Å². The fourth-order valence-electron chi connectivity index (χ4n) is 2.65. The highest BCUT2D eigenvalue weighted by Gasteiger charge is 2.23. The zero-order chi connectivity index (χ0) is 13.9. The summed E-state index contributed by atoms with van der Waals surface area (Å²) in [6.07, 6.45) is 0. The predicted molar refractivity (Wildman–Crippen MR) is 87.8 cm³/mol. The van der Waals surface area contributed by atoms with Gasteiger partial charge in [-0.1, -0.05) is 48.0 Å². The summed E-state index contributed by atoms with van der Waals surface area (Å²) < 4.78 is 0. The molecule has 0 radical (unpaired) electrons. The number of hydrogen-bond donors (Lipinski definition) is 1. The van der Waals surface area contributed by atoms with Crippen LogP contribution in [0.25, 0.3) is 0 Å². The monoisotopic (exact) mass is 303 g/mol. The zero-order valence-electron chi connectivity index (χ0n) is 11.5. The lowest BCUT2D eigenvalue weighted by atomic mass is 10.0. The molecule has 2 aromatic rings. The predicted octanol–water partition coefficient (Wildman–Crippen LogP) is 4.88. The van der Waals surface area contributed by atoms with Crippen LogP contribution in [0.2, 0.25) is 5.02 Å². The smallest absolute Gasteiger partial charge is 0.0453 e. The van der Waals surface area contributed by atoms with Crippen LogP contribution >= 0.6 is 23.4 Å². The van der Waals surface area contributed by atoms with Crippen molar-refractivity contribution in [3.8, 4) is 0 Å². The summed E-state index contributed by atoms with van der Waals surface area (Å²) >= 11 is 8.21. The Labute approximate surface area is 129 Å². The fourth-order valence-corrected chi connectivity index (χ4v) is 4.21. The number of hydrogen-bond acceptors (Lipinski definition) is 2. The van der Waals surface area contributed by atoms with Gasteiger partial charge < -0.3 is 5.32 Å². The molecule has 2 unspecified atom stereocenters. The summed E-state index contributed by atoms with van der Waals surface area (Å²) in [5.74, 6) is 1.77. The maximum absolute atomic E-state index is 6.25. The third-order valence-corrected chi connectivity index (χ3v) is 5.44. The van der Waals surface area contributed by atoms with E-state index in [1.54, 1.807) is 0 Å². The van der Waals surface area contributed by atoms with E-state index in [0.29, 0.717) is 5.92 Å². The van der Waals surface area contributed by atoms with Crippen LogP contribution in [-0.2, 0) is 0 Å². The van der Waals surface area contributed by atoms with Crippen molar-refractivity contribution in [3.63, 3.8) is 0 Å². The van der Waals surface area contributed by atoms with Crippen LogP contribution in [-0.4, -0.2) is 12.3 Å². The third kappa shape index (κ3) is 2.88. The Morgan fingerprint density at radius 1 is 1.20 bits per heavy atom. The molecule has 1 N–H and O–H groups in total. The molecule has 20 heavy (non-hydrogen) atoms. The third-order valence-electron chi connectivity index (χ3n) is 3.84. The van der Waals surface area contributed by atoms with Gasteiger partial charge in [-0.15, -0.1) is 11.8 Å². The van der Waals surface area contributed by atoms with E-state index >= 15 is 0 Å². The van der Waals surface area contributed by atoms with E-state index in [9.17, 15) is 0 Å². The molecule has 3 rings (SSSR count). The SMILES string of the molecule is CC(NCC1CSc2ccccc21)c1ccccc1Cl. The molecule has 1 aliphatic rings. The van der Waals surface area contributed by atoms with Crippen molar-refractivity contribution in [2.75, 3.05) is 12.3 Å². The molecule has 0 aromatic heterocycles. The second-order valence-electron chi connectivity index (χ2n) is 5.20. The first-order valence-corrected chi connectivity index (χ1v) is 8.31. The highest BCUT2D eigenvalue weighted by Crippen LogP contribution is 2.39. The van der Waals surface area contributed by atoms with Crippen molar-refractivity contribution >= 4 is 23.4 Å². The van der Waals surface area contributed by atoms with Crippen molar-refractivity contribution in [2.24, 2.45) is 0 Å². The van der Waals surface area contributed by atoms with Gasteiger partial charge in [0.1, 0.15) is 0 Å². The van der Waals surface area contributed by atoms with Gasteiger partial charge in [-0.2, -0.15) is 0 Å². The summed E-state index contributed by atoms with van der Waals surface area (Å²) in [7, 11) is 0. The van der Waals surface area contributed by atoms with Gasteiger partial charge in [-0.25, -0.2) is 0 Å². The quantitative estimate of drug-likeness (QED) is 0.864. The molecule has 2 aromatic carbocycles. The number of nitrogens with one attached hydrogen (secondary N) is 1. The molecule has 0 amide bonds. The lowest BCUT2D eigenvalue weighted by Gasteiger charge is -2.19. The van der Waals surface area contributed by atoms with E-state index in [2.05, 4.69) is 42.6 Å². The second-order valence-corrected chi connectivity index (χ2v) is 6.67. The Kier molecular flexibility index (Phi) is 4.35. The molecule has 0 spiro atoms. The molecule has 104 valence electrons. The number of fused-ring (bicyclic) bond motifs is 1. The molecular formula is C17H18ClNS. The standard InChI is InChI=1S/C17H18ClNS/c1-12(14-6-2-4-8-16(14)18)19-10-13-11-20-17-9-5-3-7-15(13)17/h2-9,12-13,19H,10-11H2,1H3. The van der Waals surface area contributed by atoms with Crippen LogP contribution in [0.4, 0.5) is 0 Å². The molecule has 0 saturated carbocycles. The van der Waals surface area contributed by atoms with Crippen molar-refractivity contribution < 1.29 is 0 Å². The van der Waals surface area contributed by atoms with E-state index in [4.69, 9.17) is 11.6 Å². The minimum Gasteiger partial charge on any atom is -0.310 e. The Bertz CT molecular complexity index is 599. The van der Waals surface area contributed by atoms with Gasteiger partial charge >= 0.3 is 0 Å². The average Bonchev–Trinajstić information content (AvgIpc) is 2.88. The molecule has 0 bridgehead atoms. The van der Waals surface area contributed by atoms with Gasteiger partial charge in [0.2, 0.25) is 0 Å². The first kappa shape index (κ1) is 14.0. The van der Waals surface area contributed by atoms with E-state index in [0.717, 1.165) is 11.6 Å². The first-order chi connectivity index (χ1) is 9.75. The first-order valence-electron chi connectivity index (χ1n) is 6.95. The summed E-state index contributed by atoms with van der Waals surface area (Å²) in [4.78, 5) is 1.43. The Balaban J connectivity index is 1.65. The molecule has 2 atom stereocenters. The molecule has 1 nitrogen and oxygen atoms in total. The average molecular weight is 304 g/mol. The number of rotatable bonds is 4. The Hall–Kier alpha value is -0.960. The van der Waals surface area contributed by atoms with Crippen LogP contribution in [0.5, 0.6) is 0 Å². The minimum atomic E-state index is 0.279. The van der Waals surface area contributed by atoms with Gasteiger partial charge in [0, 0.05) is 34.2 Å². The summed E-state index contributed by atoms with van der Waals surface area (Å²) in [6.45, 7) is 3.17. The highest BCUT2D eigenvalue weighted by molar-refractivity contribution is 7.99. The topological polar surface area (TPSA) is 12.0 Å². The van der Waals surface area contributed by atoms with Crippen molar-refractivity contribution in [2.45, 2.75) is 23.8 Å². The second kappa shape index (κ2) is 6.21. The zero-order valence-corrected chi connectivity index (χ0v) is 13.0. The summed E-state index contributed by atoms with van der Waals surface area (Å²) in [5, 5.41) is 4.47. The number of halogens is 1. The Morgan fingerprint density at radius 3 is 2.80 bits per heavy atom. The number of thioether (sulfide) groups is 1. The van der Waals surface area contributed by atoms with Crippen LogP contribution in [0, 0.1) is 0 Å². The fraction of sp³-hybridized carbons (Fsp3) is 0.294. The molecular weight excluding hydrogens is 286 g/mol. The number of benzene rings is 2. The molecule has 0 fully saturated rings. The summed E-state index contributed by atoms with van der Waals surface area (Å²) in [5.41, 5.74) is 2.66. The molecule has 1 aliphatic heterocycles. The highest BCUT2D eigenvalue weighted by atomic mass is 35.5. The van der Waals surface area contributed by atoms with Crippen LogP contribution in [0.15, 0.2) is 53.4 Å². The lowest BCUT2D eigenvalue weighted by Crippen LogP contribution is -2.25. The van der Waals surface area contributed by atoms with Gasteiger partial charge in [0.15, 0.2) is 0 Å².